The lowest BCUT2D eigenvalue weighted by atomic mass is 10.00. The Bertz CT molecular complexity index is 473. The Morgan fingerprint density at radius 2 is 2.05 bits per heavy atom. The van der Waals surface area contributed by atoms with Crippen molar-refractivity contribution < 1.29 is 14.3 Å². The van der Waals surface area contributed by atoms with Crippen molar-refractivity contribution in [3.8, 4) is 5.75 Å². The molecule has 0 bridgehead atoms. The summed E-state index contributed by atoms with van der Waals surface area (Å²) in [6, 6.07) is 6.46. The quantitative estimate of drug-likeness (QED) is 0.652. The SMILES string of the molecule is CCOC(=O)CCCN(CC)C(C)c1cccc(OC)c1C. The highest BCUT2D eigenvalue weighted by Crippen LogP contribution is 2.29. The van der Waals surface area contributed by atoms with Crippen molar-refractivity contribution in [2.24, 2.45) is 0 Å². The van der Waals surface area contributed by atoms with Crippen molar-refractivity contribution in [3.05, 3.63) is 29.3 Å². The van der Waals surface area contributed by atoms with Crippen LogP contribution in [0.15, 0.2) is 18.2 Å². The van der Waals surface area contributed by atoms with Crippen LogP contribution in [0.5, 0.6) is 5.75 Å². The second kappa shape index (κ2) is 9.46. The van der Waals surface area contributed by atoms with E-state index in [1.54, 1.807) is 7.11 Å². The van der Waals surface area contributed by atoms with Crippen LogP contribution in [-0.4, -0.2) is 37.7 Å². The van der Waals surface area contributed by atoms with Gasteiger partial charge < -0.3 is 9.47 Å². The fourth-order valence-electron chi connectivity index (χ4n) is 2.79. The van der Waals surface area contributed by atoms with Crippen LogP contribution in [0.25, 0.3) is 0 Å². The molecule has 4 heteroatoms. The highest BCUT2D eigenvalue weighted by atomic mass is 16.5. The summed E-state index contributed by atoms with van der Waals surface area (Å²) in [5, 5.41) is 0. The van der Waals surface area contributed by atoms with E-state index in [4.69, 9.17) is 9.47 Å². The molecular weight excluding hydrogens is 278 g/mol. The van der Waals surface area contributed by atoms with Gasteiger partial charge in [-0.1, -0.05) is 19.1 Å². The van der Waals surface area contributed by atoms with Crippen molar-refractivity contribution in [1.29, 1.82) is 0 Å². The van der Waals surface area contributed by atoms with E-state index in [0.29, 0.717) is 19.1 Å². The van der Waals surface area contributed by atoms with Crippen LogP contribution in [0, 0.1) is 6.92 Å². The van der Waals surface area contributed by atoms with Gasteiger partial charge in [-0.2, -0.15) is 0 Å². The van der Waals surface area contributed by atoms with Gasteiger partial charge in [0.2, 0.25) is 0 Å². The normalized spacial score (nSPS) is 12.3. The summed E-state index contributed by atoms with van der Waals surface area (Å²) in [5.74, 6) is 0.815. The van der Waals surface area contributed by atoms with Crippen LogP contribution < -0.4 is 4.74 Å². The molecule has 1 aromatic carbocycles. The number of methoxy groups -OCH3 is 1. The molecule has 124 valence electrons. The van der Waals surface area contributed by atoms with Crippen LogP contribution in [0.2, 0.25) is 0 Å². The number of esters is 1. The van der Waals surface area contributed by atoms with Crippen LogP contribution in [0.1, 0.15) is 50.8 Å². The number of rotatable bonds is 9. The first kappa shape index (κ1) is 18.5. The molecule has 0 aliphatic carbocycles. The van der Waals surface area contributed by atoms with E-state index in [1.807, 2.05) is 19.1 Å². The highest BCUT2D eigenvalue weighted by molar-refractivity contribution is 5.69. The molecule has 1 rings (SSSR count). The summed E-state index contributed by atoms with van der Waals surface area (Å²) in [7, 11) is 1.70. The predicted molar refractivity (Wildman–Crippen MR) is 89.3 cm³/mol. The van der Waals surface area contributed by atoms with Crippen molar-refractivity contribution in [2.75, 3.05) is 26.8 Å². The molecule has 22 heavy (non-hydrogen) atoms. The van der Waals surface area contributed by atoms with E-state index in [0.717, 1.165) is 25.3 Å². The second-order valence-corrected chi connectivity index (χ2v) is 5.39. The van der Waals surface area contributed by atoms with Gasteiger partial charge in [0.1, 0.15) is 5.75 Å². The summed E-state index contributed by atoms with van der Waals surface area (Å²) in [5.41, 5.74) is 2.46. The first-order chi connectivity index (χ1) is 10.5. The number of benzene rings is 1. The Kier molecular flexibility index (Phi) is 7.96. The Morgan fingerprint density at radius 3 is 2.64 bits per heavy atom. The lowest BCUT2D eigenvalue weighted by Gasteiger charge is -2.29. The van der Waals surface area contributed by atoms with Gasteiger partial charge in [0, 0.05) is 12.5 Å². The van der Waals surface area contributed by atoms with Crippen molar-refractivity contribution in [2.45, 2.75) is 46.6 Å². The smallest absolute Gasteiger partial charge is 0.305 e. The zero-order valence-corrected chi connectivity index (χ0v) is 14.5. The van der Waals surface area contributed by atoms with E-state index >= 15 is 0 Å². The van der Waals surface area contributed by atoms with Gasteiger partial charge >= 0.3 is 5.97 Å². The average Bonchev–Trinajstić information content (AvgIpc) is 2.51. The lowest BCUT2D eigenvalue weighted by Crippen LogP contribution is -2.29. The Balaban J connectivity index is 2.68. The number of hydrogen-bond acceptors (Lipinski definition) is 4. The zero-order chi connectivity index (χ0) is 16.5. The third-order valence-corrected chi connectivity index (χ3v) is 4.08. The molecule has 1 atom stereocenters. The molecule has 0 spiro atoms. The van der Waals surface area contributed by atoms with Crippen molar-refractivity contribution in [1.82, 2.24) is 4.90 Å². The van der Waals surface area contributed by atoms with E-state index in [1.165, 1.54) is 11.1 Å². The predicted octanol–water partition coefficient (Wildman–Crippen LogP) is 3.73. The second-order valence-electron chi connectivity index (χ2n) is 5.39. The molecule has 0 saturated heterocycles. The molecule has 1 aromatic rings. The monoisotopic (exact) mass is 307 g/mol. The van der Waals surface area contributed by atoms with Gasteiger partial charge in [0.05, 0.1) is 13.7 Å². The molecule has 0 fully saturated rings. The fraction of sp³-hybridized carbons (Fsp3) is 0.611. The summed E-state index contributed by atoms with van der Waals surface area (Å²) in [6.07, 6.45) is 1.30. The van der Waals surface area contributed by atoms with Crippen LogP contribution in [0.3, 0.4) is 0 Å². The third-order valence-electron chi connectivity index (χ3n) is 4.08. The Morgan fingerprint density at radius 1 is 1.32 bits per heavy atom. The lowest BCUT2D eigenvalue weighted by molar-refractivity contribution is -0.143. The molecule has 0 heterocycles. The van der Waals surface area contributed by atoms with Crippen molar-refractivity contribution >= 4 is 5.97 Å². The molecule has 0 aromatic heterocycles. The summed E-state index contributed by atoms with van der Waals surface area (Å²) >= 11 is 0. The minimum absolute atomic E-state index is 0.108. The van der Waals surface area contributed by atoms with E-state index in [9.17, 15) is 4.79 Å². The number of carbonyl (C=O) groups is 1. The first-order valence-electron chi connectivity index (χ1n) is 8.08. The van der Waals surface area contributed by atoms with Crippen LogP contribution >= 0.6 is 0 Å². The maximum absolute atomic E-state index is 11.4. The van der Waals surface area contributed by atoms with Gasteiger partial charge in [-0.3, -0.25) is 9.69 Å². The molecule has 0 aliphatic rings. The number of hydrogen-bond donors (Lipinski definition) is 0. The van der Waals surface area contributed by atoms with E-state index < -0.39 is 0 Å². The van der Waals surface area contributed by atoms with E-state index in [-0.39, 0.29) is 5.97 Å². The standard InChI is InChI=1S/C18H29NO3/c1-6-19(13-9-12-18(20)22-7-2)15(4)16-10-8-11-17(21-5)14(16)3/h8,10-11,15H,6-7,9,12-13H2,1-5H3. The Labute approximate surface area is 134 Å². The fourth-order valence-corrected chi connectivity index (χ4v) is 2.79. The molecule has 0 saturated carbocycles. The summed E-state index contributed by atoms with van der Waals surface area (Å²) < 4.78 is 10.4. The van der Waals surface area contributed by atoms with Gasteiger partial charge in [0.15, 0.2) is 0 Å². The molecule has 0 amide bonds. The number of nitrogens with zero attached hydrogens (tertiary/aromatic N) is 1. The summed E-state index contributed by atoms with van der Waals surface area (Å²) in [4.78, 5) is 13.8. The summed E-state index contributed by atoms with van der Waals surface area (Å²) in [6.45, 7) is 10.6. The molecule has 0 aliphatic heterocycles. The molecule has 0 radical (unpaired) electrons. The largest absolute Gasteiger partial charge is 0.496 e. The van der Waals surface area contributed by atoms with E-state index in [2.05, 4.69) is 31.7 Å². The minimum atomic E-state index is -0.108. The van der Waals surface area contributed by atoms with Gasteiger partial charge in [-0.15, -0.1) is 0 Å². The molecule has 0 N–H and O–H groups in total. The van der Waals surface area contributed by atoms with Crippen LogP contribution in [-0.2, 0) is 9.53 Å². The Hall–Kier alpha value is -1.55. The molecular formula is C18H29NO3. The number of ether oxygens (including phenoxy) is 2. The topological polar surface area (TPSA) is 38.8 Å². The average molecular weight is 307 g/mol. The third kappa shape index (κ3) is 5.02. The number of carbonyl (C=O) groups excluding carboxylic acids is 1. The molecule has 4 nitrogen and oxygen atoms in total. The first-order valence-corrected chi connectivity index (χ1v) is 8.08. The maximum Gasteiger partial charge on any atom is 0.305 e. The van der Waals surface area contributed by atoms with Gasteiger partial charge in [-0.25, -0.2) is 0 Å². The zero-order valence-electron chi connectivity index (χ0n) is 14.5. The molecule has 1 unspecified atom stereocenters. The van der Waals surface area contributed by atoms with Gasteiger partial charge in [-0.05, 0) is 57.5 Å². The van der Waals surface area contributed by atoms with Gasteiger partial charge in [0.25, 0.3) is 0 Å². The van der Waals surface area contributed by atoms with Crippen LogP contribution in [0.4, 0.5) is 0 Å². The van der Waals surface area contributed by atoms with Crippen molar-refractivity contribution in [3.63, 3.8) is 0 Å². The highest BCUT2D eigenvalue weighted by Gasteiger charge is 2.17. The minimum Gasteiger partial charge on any atom is -0.496 e. The maximum atomic E-state index is 11.4.